The summed E-state index contributed by atoms with van der Waals surface area (Å²) >= 11 is 0. The normalized spacial score (nSPS) is 11.8. The van der Waals surface area contributed by atoms with Crippen LogP contribution in [-0.2, 0) is 72.5 Å². The molecule has 0 aliphatic rings. The molecule has 0 N–H and O–H groups in total. The van der Waals surface area contributed by atoms with Crippen LogP contribution in [0.3, 0.4) is 0 Å². The molecule has 0 spiro atoms. The van der Waals surface area contributed by atoms with Crippen LogP contribution >= 0.6 is 0 Å². The highest BCUT2D eigenvalue weighted by molar-refractivity contribution is 6.74. The number of rotatable bonds is 38. The first-order valence-corrected chi connectivity index (χ1v) is 57.3. The van der Waals surface area contributed by atoms with E-state index in [-0.39, 0.29) is 11.8 Å². The Morgan fingerprint density at radius 1 is 0.144 bits per heavy atom. The van der Waals surface area contributed by atoms with Crippen molar-refractivity contribution in [2.75, 3.05) is 0 Å². The highest BCUT2D eigenvalue weighted by Crippen LogP contribution is 2.46. The lowest BCUT2D eigenvalue weighted by Gasteiger charge is -2.35. The Morgan fingerprint density at radius 2 is 0.250 bits per heavy atom. The molecule has 0 saturated carbocycles. The van der Waals surface area contributed by atoms with Gasteiger partial charge >= 0.3 is 0 Å². The molecular formula is C124H122O4Si4. The summed E-state index contributed by atoms with van der Waals surface area (Å²) in [6.07, 6.45) is 0. The van der Waals surface area contributed by atoms with Gasteiger partial charge in [0.1, 0.15) is 23.0 Å². The number of hydrogen-bond donors (Lipinski definition) is 0. The lowest BCUT2D eigenvalue weighted by Crippen LogP contribution is -2.50. The van der Waals surface area contributed by atoms with Crippen LogP contribution in [0.15, 0.2) is 437 Å². The molecule has 17 rings (SSSR count). The van der Waals surface area contributed by atoms with Crippen molar-refractivity contribution in [3.05, 3.63) is 581 Å². The minimum Gasteiger partial charge on any atom is -0.542 e. The van der Waals surface area contributed by atoms with Crippen molar-refractivity contribution in [2.45, 2.75) is 140 Å². The SMILES string of the molecule is Cc1cc(C(c2ccc(C(c3cc(C)c(O[Si](Cc4ccccc4)(Cc4ccccc4)Cc4ccccc4)c(C)c3)c3cc(C)c(O[Si](Cc4ccccc4)(Cc4ccccc4)Cc4ccccc4)c(C)c3)cc2)c2cc(C)c(O[Si](Cc3ccccc3)(Cc3ccccc3)Cc3ccccc3)c(C)c2)cc(C)c1O[Si](Cc1ccccc1)(Cc1ccccc1)Cc1ccccc1. The monoisotopic (exact) mass is 1790 g/mol. The standard InChI is InChI=1S/C124H122O4Si4/c1-93-73-115(74-94(2)121(93)125-129(81-101-45-21-9-22-46-101,82-102-47-23-10-24-48-102)83-103-49-25-11-26-50-103)119(116-75-95(3)122(96(4)76-116)126-130(84-104-51-27-12-28-52-104,85-105-53-29-13-30-54-105)86-106-55-31-14-32-56-106)113-69-71-114(72-70-113)120(117-77-97(5)123(98(6)78-117)127-131(87-107-57-33-15-34-58-107,88-108-59-35-16-36-60-108)89-109-61-37-17-38-62-109)118-79-99(7)124(100(8)80-118)128-132(90-110-63-39-18-40-64-110,91-111-65-41-19-42-66-111)92-112-67-43-20-44-68-112/h9-80,119-120H,81-92H2,1-8H3. The molecule has 4 nitrogen and oxygen atoms in total. The first kappa shape index (κ1) is 90.7. The topological polar surface area (TPSA) is 36.9 Å². The molecule has 0 saturated heterocycles. The number of hydrogen-bond acceptors (Lipinski definition) is 4. The Kier molecular flexibility index (Phi) is 29.1. The Balaban J connectivity index is 0.827. The van der Waals surface area contributed by atoms with E-state index in [2.05, 4.69) is 492 Å². The molecule has 0 aromatic heterocycles. The lowest BCUT2D eigenvalue weighted by atomic mass is 9.79. The molecule has 17 aromatic carbocycles. The third-order valence-corrected chi connectivity index (χ3v) is 41.8. The van der Waals surface area contributed by atoms with Crippen LogP contribution in [0.1, 0.15) is 156 Å². The van der Waals surface area contributed by atoms with Gasteiger partial charge in [-0.3, -0.25) is 0 Å². The Hall–Kier alpha value is -13.2. The Labute approximate surface area is 789 Å². The van der Waals surface area contributed by atoms with E-state index in [9.17, 15) is 0 Å². The average molecular weight is 1790 g/mol. The van der Waals surface area contributed by atoms with Gasteiger partial charge in [0, 0.05) is 84.4 Å². The number of benzene rings is 17. The van der Waals surface area contributed by atoms with Gasteiger partial charge in [0.25, 0.3) is 33.3 Å². The Bertz CT molecular complexity index is 5300. The van der Waals surface area contributed by atoms with Crippen LogP contribution in [0.2, 0.25) is 0 Å². The fraction of sp³-hybridized carbons (Fsp3) is 0.177. The molecule has 17 aromatic rings. The molecule has 0 atom stereocenters. The van der Waals surface area contributed by atoms with Gasteiger partial charge in [-0.2, -0.15) is 0 Å². The zero-order valence-electron chi connectivity index (χ0n) is 77.8. The fourth-order valence-corrected chi connectivity index (χ4v) is 38.1. The smallest absolute Gasteiger partial charge is 0.264 e. The summed E-state index contributed by atoms with van der Waals surface area (Å²) in [5.74, 6) is 3.50. The summed E-state index contributed by atoms with van der Waals surface area (Å²) in [5.41, 5.74) is 31.8. The summed E-state index contributed by atoms with van der Waals surface area (Å²) in [5, 5.41) is 0. The minimum atomic E-state index is -2.84. The molecule has 0 fully saturated rings. The third kappa shape index (κ3) is 23.0. The van der Waals surface area contributed by atoms with Crippen molar-refractivity contribution in [1.29, 1.82) is 0 Å². The summed E-state index contributed by atoms with van der Waals surface area (Å²) in [6, 6.07) is 173. The zero-order chi connectivity index (χ0) is 90.7. The second kappa shape index (κ2) is 42.4. The van der Waals surface area contributed by atoms with Gasteiger partial charge in [-0.25, -0.2) is 0 Å². The van der Waals surface area contributed by atoms with Crippen LogP contribution in [0, 0.1) is 55.4 Å². The van der Waals surface area contributed by atoms with Gasteiger partial charge < -0.3 is 17.7 Å². The first-order valence-electron chi connectivity index (χ1n) is 47.2. The molecule has 0 bridgehead atoms. The molecule has 132 heavy (non-hydrogen) atoms. The summed E-state index contributed by atoms with van der Waals surface area (Å²) < 4.78 is 32.5. The van der Waals surface area contributed by atoms with Crippen LogP contribution in [0.5, 0.6) is 23.0 Å². The minimum absolute atomic E-state index is 0.212. The van der Waals surface area contributed by atoms with Crippen molar-refractivity contribution >= 4 is 33.3 Å². The predicted molar refractivity (Wildman–Crippen MR) is 559 cm³/mol. The van der Waals surface area contributed by atoms with Crippen molar-refractivity contribution < 1.29 is 17.7 Å². The van der Waals surface area contributed by atoms with Crippen molar-refractivity contribution in [2.24, 2.45) is 0 Å². The molecule has 0 amide bonds. The maximum atomic E-state index is 8.13. The van der Waals surface area contributed by atoms with Crippen LogP contribution < -0.4 is 17.7 Å². The van der Waals surface area contributed by atoms with Gasteiger partial charge in [0.15, 0.2) is 0 Å². The molecule has 658 valence electrons. The highest BCUT2D eigenvalue weighted by atomic mass is 28.4. The van der Waals surface area contributed by atoms with E-state index in [4.69, 9.17) is 17.7 Å². The van der Waals surface area contributed by atoms with Gasteiger partial charge in [-0.05, 0) is 200 Å². The van der Waals surface area contributed by atoms with Crippen LogP contribution in [0.4, 0.5) is 0 Å². The molecule has 0 heterocycles. The van der Waals surface area contributed by atoms with Gasteiger partial charge in [0.2, 0.25) is 0 Å². The molecule has 0 aliphatic carbocycles. The summed E-state index contributed by atoms with van der Waals surface area (Å²) in [4.78, 5) is 0. The average Bonchev–Trinajstić information content (AvgIpc) is 0.759. The van der Waals surface area contributed by atoms with Crippen LogP contribution in [-0.4, -0.2) is 33.3 Å². The molecular weight excluding hydrogens is 1670 g/mol. The van der Waals surface area contributed by atoms with Gasteiger partial charge in [-0.15, -0.1) is 0 Å². The molecule has 0 aliphatic heterocycles. The number of aryl methyl sites for hydroxylation is 8. The largest absolute Gasteiger partial charge is 0.542 e. The third-order valence-electron chi connectivity index (χ3n) is 26.6. The summed E-state index contributed by atoms with van der Waals surface area (Å²) in [6.45, 7) is 18.4. The van der Waals surface area contributed by atoms with Crippen molar-refractivity contribution in [3.63, 3.8) is 0 Å². The maximum absolute atomic E-state index is 8.13. The molecule has 0 radical (unpaired) electrons. The summed E-state index contributed by atoms with van der Waals surface area (Å²) in [7, 11) is -11.3. The van der Waals surface area contributed by atoms with E-state index >= 15 is 0 Å². The predicted octanol–water partition coefficient (Wildman–Crippen LogP) is 29.2. The highest BCUT2D eigenvalue weighted by Gasteiger charge is 2.44. The zero-order valence-corrected chi connectivity index (χ0v) is 81.8. The van der Waals surface area contributed by atoms with E-state index in [1.165, 1.54) is 100 Å². The first-order chi connectivity index (χ1) is 64.4. The second-order valence-electron chi connectivity index (χ2n) is 37.6. The van der Waals surface area contributed by atoms with E-state index in [0.29, 0.717) is 0 Å². The van der Waals surface area contributed by atoms with E-state index in [0.717, 1.165) is 140 Å². The van der Waals surface area contributed by atoms with Gasteiger partial charge in [-0.1, -0.05) is 437 Å². The molecule has 0 unspecified atom stereocenters. The van der Waals surface area contributed by atoms with E-state index in [1.54, 1.807) is 0 Å². The fourth-order valence-electron chi connectivity index (χ4n) is 20.9. The lowest BCUT2D eigenvalue weighted by molar-refractivity contribution is 0.515. The van der Waals surface area contributed by atoms with E-state index < -0.39 is 33.3 Å². The van der Waals surface area contributed by atoms with Crippen molar-refractivity contribution in [1.82, 2.24) is 0 Å². The van der Waals surface area contributed by atoms with Gasteiger partial charge in [0.05, 0.1) is 0 Å². The second-order valence-corrected chi connectivity index (χ2v) is 52.1. The Morgan fingerprint density at radius 3 is 0.356 bits per heavy atom. The van der Waals surface area contributed by atoms with Crippen LogP contribution in [0.25, 0.3) is 0 Å². The van der Waals surface area contributed by atoms with E-state index in [1.807, 2.05) is 0 Å². The molecule has 8 heteroatoms. The maximum Gasteiger partial charge on any atom is 0.264 e. The van der Waals surface area contributed by atoms with Crippen molar-refractivity contribution in [3.8, 4) is 23.0 Å². The quantitative estimate of drug-likeness (QED) is 0.0285.